The van der Waals surface area contributed by atoms with Gasteiger partial charge < -0.3 is 15.4 Å². The molecule has 0 saturated carbocycles. The average molecular weight is 458 g/mol. The first-order valence-electron chi connectivity index (χ1n) is 8.08. The first-order chi connectivity index (χ1) is 11.6. The van der Waals surface area contributed by atoms with Gasteiger partial charge in [-0.3, -0.25) is 9.67 Å². The van der Waals surface area contributed by atoms with Crippen molar-refractivity contribution in [2.24, 2.45) is 4.99 Å². The average Bonchev–Trinajstić information content (AvgIpc) is 2.92. The highest BCUT2D eigenvalue weighted by molar-refractivity contribution is 14.0. The minimum atomic E-state index is 0. The lowest BCUT2D eigenvalue weighted by Gasteiger charge is -2.12. The smallest absolute Gasteiger partial charge is 0.213 e. The summed E-state index contributed by atoms with van der Waals surface area (Å²) in [4.78, 5) is 8.59. The van der Waals surface area contributed by atoms with Gasteiger partial charge in [-0.05, 0) is 32.4 Å². The Morgan fingerprint density at radius 2 is 2.08 bits per heavy atom. The normalized spacial score (nSPS) is 11.0. The molecule has 0 atom stereocenters. The third-order valence-electron chi connectivity index (χ3n) is 3.59. The predicted octanol–water partition coefficient (Wildman–Crippen LogP) is 2.28. The number of nitrogens with zero attached hydrogens (tertiary/aromatic N) is 4. The van der Waals surface area contributed by atoms with E-state index in [9.17, 15) is 0 Å². The molecule has 2 aromatic rings. The van der Waals surface area contributed by atoms with Gasteiger partial charge in [0.25, 0.3) is 0 Å². The molecule has 2 N–H and O–H groups in total. The van der Waals surface area contributed by atoms with Crippen molar-refractivity contribution < 1.29 is 4.74 Å². The minimum absolute atomic E-state index is 0. The largest absolute Gasteiger partial charge is 0.481 e. The van der Waals surface area contributed by atoms with Crippen molar-refractivity contribution in [1.29, 1.82) is 0 Å². The van der Waals surface area contributed by atoms with Crippen molar-refractivity contribution in [3.63, 3.8) is 0 Å². The molecule has 0 saturated heterocycles. The maximum Gasteiger partial charge on any atom is 0.213 e. The monoisotopic (exact) mass is 458 g/mol. The third kappa shape index (κ3) is 6.89. The van der Waals surface area contributed by atoms with Crippen molar-refractivity contribution >= 4 is 29.9 Å². The fourth-order valence-corrected chi connectivity index (χ4v) is 2.40. The highest BCUT2D eigenvalue weighted by Crippen LogP contribution is 2.06. The van der Waals surface area contributed by atoms with Crippen molar-refractivity contribution in [2.45, 2.75) is 33.4 Å². The van der Waals surface area contributed by atoms with Crippen molar-refractivity contribution in [1.82, 2.24) is 25.4 Å². The number of pyridine rings is 1. The second-order valence-corrected chi connectivity index (χ2v) is 5.53. The van der Waals surface area contributed by atoms with E-state index in [2.05, 4.69) is 38.7 Å². The first-order valence-corrected chi connectivity index (χ1v) is 8.08. The highest BCUT2D eigenvalue weighted by Gasteiger charge is 2.02. The third-order valence-corrected chi connectivity index (χ3v) is 3.59. The number of nitrogens with one attached hydrogen (secondary N) is 2. The summed E-state index contributed by atoms with van der Waals surface area (Å²) < 4.78 is 7.16. The molecule has 0 spiro atoms. The van der Waals surface area contributed by atoms with Crippen LogP contribution in [-0.4, -0.2) is 41.4 Å². The SMILES string of the molecule is CN=C(NCCCn1nc(C)cc1C)NCc1cccc(OC)n1.I. The van der Waals surface area contributed by atoms with Crippen LogP contribution in [0.15, 0.2) is 29.3 Å². The maximum absolute atomic E-state index is 5.13. The molecule has 0 fully saturated rings. The molecular formula is C17H27IN6O. The van der Waals surface area contributed by atoms with Crippen LogP contribution < -0.4 is 15.4 Å². The van der Waals surface area contributed by atoms with Gasteiger partial charge in [0.2, 0.25) is 5.88 Å². The summed E-state index contributed by atoms with van der Waals surface area (Å²) in [5, 5.41) is 11.0. The predicted molar refractivity (Wildman–Crippen MR) is 111 cm³/mol. The highest BCUT2D eigenvalue weighted by atomic mass is 127. The van der Waals surface area contributed by atoms with Crippen LogP contribution in [0.5, 0.6) is 5.88 Å². The zero-order chi connectivity index (χ0) is 17.4. The van der Waals surface area contributed by atoms with Gasteiger partial charge in [-0.1, -0.05) is 6.07 Å². The summed E-state index contributed by atoms with van der Waals surface area (Å²) in [6.07, 6.45) is 0.972. The number of aliphatic imine (C=N–C) groups is 1. The van der Waals surface area contributed by atoms with Crippen molar-refractivity contribution in [3.05, 3.63) is 41.3 Å². The molecule has 0 amide bonds. The van der Waals surface area contributed by atoms with Gasteiger partial charge in [0, 0.05) is 31.9 Å². The van der Waals surface area contributed by atoms with Crippen LogP contribution in [0, 0.1) is 13.8 Å². The molecule has 0 aliphatic rings. The van der Waals surface area contributed by atoms with Crippen LogP contribution in [0.1, 0.15) is 23.5 Å². The number of hydrogen-bond acceptors (Lipinski definition) is 4. The molecule has 25 heavy (non-hydrogen) atoms. The van der Waals surface area contributed by atoms with Gasteiger partial charge in [0.05, 0.1) is 25.0 Å². The molecule has 2 rings (SSSR count). The molecule has 8 heteroatoms. The van der Waals surface area contributed by atoms with Gasteiger partial charge in [-0.25, -0.2) is 4.98 Å². The number of aromatic nitrogens is 3. The molecule has 0 aliphatic carbocycles. The Morgan fingerprint density at radius 3 is 2.72 bits per heavy atom. The van der Waals surface area contributed by atoms with E-state index in [4.69, 9.17) is 4.74 Å². The summed E-state index contributed by atoms with van der Waals surface area (Å²) in [7, 11) is 3.37. The standard InChI is InChI=1S/C17H26N6O.HI/c1-13-11-14(2)23(22-13)10-6-9-19-17(18-3)20-12-15-7-5-8-16(21-15)24-4;/h5,7-8,11H,6,9-10,12H2,1-4H3,(H2,18,19,20);1H. The number of guanidine groups is 1. The van der Waals surface area contributed by atoms with E-state index in [1.165, 1.54) is 5.69 Å². The molecule has 0 aromatic carbocycles. The Bertz CT molecular complexity index is 686. The van der Waals surface area contributed by atoms with E-state index in [1.807, 2.05) is 29.8 Å². The van der Waals surface area contributed by atoms with Gasteiger partial charge in [-0.2, -0.15) is 5.10 Å². The van der Waals surface area contributed by atoms with Crippen LogP contribution >= 0.6 is 24.0 Å². The Hall–Kier alpha value is -1.84. The number of methoxy groups -OCH3 is 1. The molecule has 0 bridgehead atoms. The molecule has 2 heterocycles. The summed E-state index contributed by atoms with van der Waals surface area (Å²) in [5.41, 5.74) is 3.16. The molecule has 0 radical (unpaired) electrons. The topological polar surface area (TPSA) is 76.4 Å². The molecule has 2 aromatic heterocycles. The molecule has 0 unspecified atom stereocenters. The lowest BCUT2D eigenvalue weighted by molar-refractivity contribution is 0.396. The summed E-state index contributed by atoms with van der Waals surface area (Å²) in [6, 6.07) is 7.80. The Balaban J connectivity index is 0.00000312. The van der Waals surface area contributed by atoms with E-state index in [0.29, 0.717) is 12.4 Å². The van der Waals surface area contributed by atoms with E-state index >= 15 is 0 Å². The van der Waals surface area contributed by atoms with E-state index in [-0.39, 0.29) is 24.0 Å². The first kappa shape index (κ1) is 21.2. The van der Waals surface area contributed by atoms with Gasteiger partial charge in [0.1, 0.15) is 0 Å². The Kier molecular flexibility index (Phi) is 9.25. The zero-order valence-corrected chi connectivity index (χ0v) is 17.6. The molecule has 0 aliphatic heterocycles. The fraction of sp³-hybridized carbons (Fsp3) is 0.471. The van der Waals surface area contributed by atoms with Crippen molar-refractivity contribution in [2.75, 3.05) is 20.7 Å². The number of ether oxygens (including phenoxy) is 1. The van der Waals surface area contributed by atoms with Gasteiger partial charge in [0.15, 0.2) is 5.96 Å². The fourth-order valence-electron chi connectivity index (χ4n) is 2.40. The second kappa shape index (κ2) is 10.9. The minimum Gasteiger partial charge on any atom is -0.481 e. The maximum atomic E-state index is 5.13. The molecule has 138 valence electrons. The Labute approximate surface area is 166 Å². The van der Waals surface area contributed by atoms with Crippen LogP contribution in [-0.2, 0) is 13.1 Å². The molecular weight excluding hydrogens is 431 g/mol. The van der Waals surface area contributed by atoms with E-state index < -0.39 is 0 Å². The van der Waals surface area contributed by atoms with E-state index in [1.54, 1.807) is 14.2 Å². The summed E-state index contributed by atoms with van der Waals surface area (Å²) >= 11 is 0. The second-order valence-electron chi connectivity index (χ2n) is 5.53. The quantitative estimate of drug-likeness (QED) is 0.288. The van der Waals surface area contributed by atoms with Crippen LogP contribution in [0.25, 0.3) is 0 Å². The number of halogens is 1. The Morgan fingerprint density at radius 1 is 1.28 bits per heavy atom. The molecule has 7 nitrogen and oxygen atoms in total. The van der Waals surface area contributed by atoms with Gasteiger partial charge in [-0.15, -0.1) is 24.0 Å². The van der Waals surface area contributed by atoms with Crippen LogP contribution in [0.4, 0.5) is 0 Å². The number of rotatable bonds is 7. The summed E-state index contributed by atoms with van der Waals surface area (Å²) in [5.74, 6) is 1.37. The number of hydrogen-bond donors (Lipinski definition) is 2. The van der Waals surface area contributed by atoms with Crippen molar-refractivity contribution in [3.8, 4) is 5.88 Å². The van der Waals surface area contributed by atoms with Gasteiger partial charge >= 0.3 is 0 Å². The van der Waals surface area contributed by atoms with Crippen LogP contribution in [0.2, 0.25) is 0 Å². The van der Waals surface area contributed by atoms with E-state index in [0.717, 1.165) is 36.9 Å². The van der Waals surface area contributed by atoms with Crippen LogP contribution in [0.3, 0.4) is 0 Å². The lowest BCUT2D eigenvalue weighted by atomic mass is 10.3. The zero-order valence-electron chi connectivity index (χ0n) is 15.2. The lowest BCUT2D eigenvalue weighted by Crippen LogP contribution is -2.37. The summed E-state index contributed by atoms with van der Waals surface area (Å²) in [6.45, 7) is 6.40. The number of aryl methyl sites for hydroxylation is 3.